The van der Waals surface area contributed by atoms with Gasteiger partial charge >= 0.3 is 0 Å². The highest BCUT2D eigenvalue weighted by molar-refractivity contribution is 7.98. The summed E-state index contributed by atoms with van der Waals surface area (Å²) in [5.74, 6) is 1.29. The van der Waals surface area contributed by atoms with Gasteiger partial charge in [0.2, 0.25) is 0 Å². The van der Waals surface area contributed by atoms with Crippen LogP contribution in [0.25, 0.3) is 0 Å². The lowest BCUT2D eigenvalue weighted by Crippen LogP contribution is -2.25. The molecule has 0 spiro atoms. The Bertz CT molecular complexity index is 68.0. The standard InChI is InChI=1S/C9H21NS/c1-4-5-6-9(10-2)7-8-11-3/h9-10H,4-8H2,1-3H3/t9-/m0/s1. The van der Waals surface area contributed by atoms with Crippen LogP contribution in [-0.2, 0) is 0 Å². The van der Waals surface area contributed by atoms with Crippen LogP contribution in [0.5, 0.6) is 0 Å². The van der Waals surface area contributed by atoms with Crippen LogP contribution in [0.3, 0.4) is 0 Å². The predicted molar refractivity (Wildman–Crippen MR) is 55.4 cm³/mol. The maximum absolute atomic E-state index is 3.36. The molecule has 1 nitrogen and oxygen atoms in total. The monoisotopic (exact) mass is 175 g/mol. The summed E-state index contributed by atoms with van der Waals surface area (Å²) in [4.78, 5) is 0. The maximum atomic E-state index is 3.36. The van der Waals surface area contributed by atoms with E-state index in [1.54, 1.807) is 0 Å². The first-order valence-corrected chi connectivity index (χ1v) is 5.90. The Kier molecular flexibility index (Phi) is 8.64. The second-order valence-corrected chi connectivity index (χ2v) is 3.89. The average Bonchev–Trinajstić information content (AvgIpc) is 2.05. The number of hydrogen-bond donors (Lipinski definition) is 1. The molecule has 1 N–H and O–H groups in total. The van der Waals surface area contributed by atoms with Crippen molar-refractivity contribution < 1.29 is 0 Å². The van der Waals surface area contributed by atoms with Gasteiger partial charge in [0.1, 0.15) is 0 Å². The van der Waals surface area contributed by atoms with Crippen molar-refractivity contribution in [3.05, 3.63) is 0 Å². The first-order chi connectivity index (χ1) is 5.35. The van der Waals surface area contributed by atoms with E-state index < -0.39 is 0 Å². The lowest BCUT2D eigenvalue weighted by atomic mass is 10.1. The maximum Gasteiger partial charge on any atom is 0.00719 e. The van der Waals surface area contributed by atoms with Crippen LogP contribution in [-0.4, -0.2) is 25.1 Å². The van der Waals surface area contributed by atoms with Gasteiger partial charge in [-0.2, -0.15) is 11.8 Å². The summed E-state index contributed by atoms with van der Waals surface area (Å²) in [6.07, 6.45) is 7.51. The SMILES string of the molecule is CCCC[C@@H](CCSC)NC. The molecule has 0 heterocycles. The fourth-order valence-corrected chi connectivity index (χ4v) is 1.66. The van der Waals surface area contributed by atoms with E-state index in [4.69, 9.17) is 0 Å². The Morgan fingerprint density at radius 1 is 1.36 bits per heavy atom. The molecule has 0 saturated carbocycles. The van der Waals surface area contributed by atoms with Crippen LogP contribution in [0, 0.1) is 0 Å². The van der Waals surface area contributed by atoms with Gasteiger partial charge in [0.25, 0.3) is 0 Å². The molecule has 11 heavy (non-hydrogen) atoms. The molecule has 0 rings (SSSR count). The Hall–Kier alpha value is 0.310. The molecule has 0 aliphatic heterocycles. The minimum atomic E-state index is 0.752. The second kappa shape index (κ2) is 8.41. The highest BCUT2D eigenvalue weighted by Gasteiger charge is 2.03. The summed E-state index contributed by atoms with van der Waals surface area (Å²) >= 11 is 1.94. The van der Waals surface area contributed by atoms with Crippen molar-refractivity contribution in [3.8, 4) is 0 Å². The molecule has 0 fully saturated rings. The zero-order valence-corrected chi connectivity index (χ0v) is 8.84. The topological polar surface area (TPSA) is 12.0 Å². The van der Waals surface area contributed by atoms with Crippen LogP contribution in [0.1, 0.15) is 32.6 Å². The molecule has 2 heteroatoms. The van der Waals surface area contributed by atoms with E-state index in [-0.39, 0.29) is 0 Å². The molecule has 0 saturated heterocycles. The van der Waals surface area contributed by atoms with Crippen molar-refractivity contribution >= 4 is 11.8 Å². The minimum absolute atomic E-state index is 0.752. The fraction of sp³-hybridized carbons (Fsp3) is 1.00. The smallest absolute Gasteiger partial charge is 0.00719 e. The van der Waals surface area contributed by atoms with E-state index in [2.05, 4.69) is 25.5 Å². The van der Waals surface area contributed by atoms with Gasteiger partial charge in [-0.05, 0) is 31.9 Å². The average molecular weight is 175 g/mol. The van der Waals surface area contributed by atoms with Gasteiger partial charge < -0.3 is 5.32 Å². The Morgan fingerprint density at radius 2 is 2.09 bits per heavy atom. The largest absolute Gasteiger partial charge is 0.317 e. The number of unbranched alkanes of at least 4 members (excludes halogenated alkanes) is 1. The van der Waals surface area contributed by atoms with Crippen molar-refractivity contribution in [3.63, 3.8) is 0 Å². The van der Waals surface area contributed by atoms with Crippen molar-refractivity contribution in [2.45, 2.75) is 38.6 Å². The summed E-state index contributed by atoms with van der Waals surface area (Å²) < 4.78 is 0. The lowest BCUT2D eigenvalue weighted by Gasteiger charge is -2.14. The third kappa shape index (κ3) is 6.70. The Balaban J connectivity index is 3.25. The molecule has 0 bridgehead atoms. The van der Waals surface area contributed by atoms with Gasteiger partial charge in [-0.15, -0.1) is 0 Å². The molecule has 68 valence electrons. The zero-order valence-electron chi connectivity index (χ0n) is 8.02. The number of nitrogens with one attached hydrogen (secondary N) is 1. The highest BCUT2D eigenvalue weighted by atomic mass is 32.2. The van der Waals surface area contributed by atoms with E-state index in [1.807, 2.05) is 11.8 Å². The third-order valence-corrected chi connectivity index (χ3v) is 2.63. The minimum Gasteiger partial charge on any atom is -0.317 e. The van der Waals surface area contributed by atoms with Gasteiger partial charge in [0.05, 0.1) is 0 Å². The highest BCUT2D eigenvalue weighted by Crippen LogP contribution is 2.07. The summed E-state index contributed by atoms with van der Waals surface area (Å²) in [5, 5.41) is 3.36. The molecule has 0 aromatic rings. The summed E-state index contributed by atoms with van der Waals surface area (Å²) in [6, 6.07) is 0.752. The van der Waals surface area contributed by atoms with E-state index >= 15 is 0 Å². The van der Waals surface area contributed by atoms with Gasteiger partial charge in [0, 0.05) is 6.04 Å². The van der Waals surface area contributed by atoms with Crippen molar-refractivity contribution in [1.29, 1.82) is 0 Å². The van der Waals surface area contributed by atoms with E-state index in [9.17, 15) is 0 Å². The van der Waals surface area contributed by atoms with Crippen LogP contribution >= 0.6 is 11.8 Å². The molecular weight excluding hydrogens is 154 g/mol. The second-order valence-electron chi connectivity index (χ2n) is 2.91. The summed E-state index contributed by atoms with van der Waals surface area (Å²) in [7, 11) is 2.07. The predicted octanol–water partition coefficient (Wildman–Crippen LogP) is 2.52. The normalized spacial score (nSPS) is 13.4. The molecule has 1 atom stereocenters. The fourth-order valence-electron chi connectivity index (χ4n) is 1.14. The number of thioether (sulfide) groups is 1. The first kappa shape index (κ1) is 11.3. The Morgan fingerprint density at radius 3 is 2.55 bits per heavy atom. The zero-order chi connectivity index (χ0) is 8.53. The molecule has 0 unspecified atom stereocenters. The number of rotatable bonds is 7. The van der Waals surface area contributed by atoms with Crippen LogP contribution in [0.4, 0.5) is 0 Å². The molecule has 0 radical (unpaired) electrons. The van der Waals surface area contributed by atoms with E-state index in [0.717, 1.165) is 6.04 Å². The first-order valence-electron chi connectivity index (χ1n) is 4.51. The van der Waals surface area contributed by atoms with Gasteiger partial charge in [-0.25, -0.2) is 0 Å². The molecule has 0 aliphatic rings. The quantitative estimate of drug-likeness (QED) is 0.638. The van der Waals surface area contributed by atoms with Crippen LogP contribution in [0.2, 0.25) is 0 Å². The van der Waals surface area contributed by atoms with Crippen molar-refractivity contribution in [2.24, 2.45) is 0 Å². The van der Waals surface area contributed by atoms with Crippen molar-refractivity contribution in [1.82, 2.24) is 5.32 Å². The van der Waals surface area contributed by atoms with Gasteiger partial charge in [-0.3, -0.25) is 0 Å². The van der Waals surface area contributed by atoms with Gasteiger partial charge in [-0.1, -0.05) is 19.8 Å². The molecule has 0 aromatic carbocycles. The summed E-state index contributed by atoms with van der Waals surface area (Å²) in [5.41, 5.74) is 0. The van der Waals surface area contributed by atoms with E-state index in [0.29, 0.717) is 0 Å². The molecule has 0 aromatic heterocycles. The van der Waals surface area contributed by atoms with Crippen LogP contribution < -0.4 is 5.32 Å². The third-order valence-electron chi connectivity index (χ3n) is 1.98. The summed E-state index contributed by atoms with van der Waals surface area (Å²) in [6.45, 7) is 2.25. The molecule has 0 amide bonds. The van der Waals surface area contributed by atoms with Crippen molar-refractivity contribution in [2.75, 3.05) is 19.1 Å². The van der Waals surface area contributed by atoms with Gasteiger partial charge in [0.15, 0.2) is 0 Å². The van der Waals surface area contributed by atoms with Crippen LogP contribution in [0.15, 0.2) is 0 Å². The lowest BCUT2D eigenvalue weighted by molar-refractivity contribution is 0.491. The Labute approximate surface area is 75.3 Å². The molecular formula is C9H21NS. The number of hydrogen-bond acceptors (Lipinski definition) is 2. The van der Waals surface area contributed by atoms with E-state index in [1.165, 1.54) is 31.4 Å². The molecule has 0 aliphatic carbocycles.